The van der Waals surface area contributed by atoms with Gasteiger partial charge in [0.2, 0.25) is 0 Å². The van der Waals surface area contributed by atoms with Crippen molar-refractivity contribution < 1.29 is 9.50 Å². The van der Waals surface area contributed by atoms with Gasteiger partial charge in [-0.05, 0) is 30.9 Å². The predicted molar refractivity (Wildman–Crippen MR) is 70.7 cm³/mol. The molecule has 1 aromatic rings. The van der Waals surface area contributed by atoms with E-state index in [-0.39, 0.29) is 24.5 Å². The van der Waals surface area contributed by atoms with Crippen molar-refractivity contribution in [3.63, 3.8) is 0 Å². The molecule has 0 aromatic carbocycles. The minimum atomic E-state index is -0.325. The van der Waals surface area contributed by atoms with Crippen LogP contribution in [0.3, 0.4) is 0 Å². The first kappa shape index (κ1) is 15.1. The van der Waals surface area contributed by atoms with Gasteiger partial charge in [0.1, 0.15) is 5.82 Å². The molecule has 1 aromatic heterocycles. The molecule has 2 atom stereocenters. The van der Waals surface area contributed by atoms with E-state index in [1.54, 1.807) is 6.07 Å². The molecule has 0 radical (unpaired) electrons. The largest absolute Gasteiger partial charge is 0.395 e. The zero-order valence-electron chi connectivity index (χ0n) is 11.4. The number of halogens is 1. The highest BCUT2D eigenvalue weighted by Gasteiger charge is 2.17. The fraction of sp³-hybridized carbons (Fsp3) is 0.643. The highest BCUT2D eigenvalue weighted by Crippen LogP contribution is 2.17. The summed E-state index contributed by atoms with van der Waals surface area (Å²) in [5.41, 5.74) is 0.820. The van der Waals surface area contributed by atoms with E-state index in [0.717, 1.165) is 18.5 Å². The monoisotopic (exact) mass is 254 g/mol. The molecule has 0 aliphatic carbocycles. The van der Waals surface area contributed by atoms with Crippen LogP contribution in [-0.4, -0.2) is 22.7 Å². The van der Waals surface area contributed by atoms with E-state index >= 15 is 0 Å². The fourth-order valence-corrected chi connectivity index (χ4v) is 2.05. The SMILES string of the molecule is CCC(NC(CO)CC(C)C)c1ccc(F)cn1. The molecule has 0 saturated heterocycles. The number of hydrogen-bond donors (Lipinski definition) is 2. The van der Waals surface area contributed by atoms with Crippen molar-refractivity contribution in [3.05, 3.63) is 29.8 Å². The molecular weight excluding hydrogens is 231 g/mol. The maximum Gasteiger partial charge on any atom is 0.141 e. The Bertz CT molecular complexity index is 340. The minimum absolute atomic E-state index is 0.0569. The van der Waals surface area contributed by atoms with Crippen LogP contribution in [0.1, 0.15) is 45.3 Å². The van der Waals surface area contributed by atoms with Crippen LogP contribution in [0, 0.1) is 11.7 Å². The second kappa shape index (κ2) is 7.44. The highest BCUT2D eigenvalue weighted by atomic mass is 19.1. The summed E-state index contributed by atoms with van der Waals surface area (Å²) in [6, 6.07) is 3.23. The molecule has 0 aliphatic heterocycles. The van der Waals surface area contributed by atoms with Crippen molar-refractivity contribution in [2.45, 2.75) is 45.7 Å². The van der Waals surface area contributed by atoms with Gasteiger partial charge in [0.05, 0.1) is 18.5 Å². The van der Waals surface area contributed by atoms with Gasteiger partial charge < -0.3 is 10.4 Å². The third-order valence-electron chi connectivity index (χ3n) is 2.93. The molecule has 1 heterocycles. The van der Waals surface area contributed by atoms with Crippen molar-refractivity contribution >= 4 is 0 Å². The molecule has 4 heteroatoms. The van der Waals surface area contributed by atoms with E-state index in [4.69, 9.17) is 0 Å². The van der Waals surface area contributed by atoms with Crippen LogP contribution in [0.4, 0.5) is 4.39 Å². The summed E-state index contributed by atoms with van der Waals surface area (Å²) in [4.78, 5) is 4.10. The first-order valence-corrected chi connectivity index (χ1v) is 6.55. The van der Waals surface area contributed by atoms with Crippen LogP contribution in [0.2, 0.25) is 0 Å². The molecule has 0 spiro atoms. The Morgan fingerprint density at radius 2 is 2.11 bits per heavy atom. The summed E-state index contributed by atoms with van der Waals surface area (Å²) in [7, 11) is 0. The Morgan fingerprint density at radius 3 is 2.56 bits per heavy atom. The lowest BCUT2D eigenvalue weighted by Gasteiger charge is -2.24. The molecule has 0 bridgehead atoms. The fourth-order valence-electron chi connectivity index (χ4n) is 2.05. The summed E-state index contributed by atoms with van der Waals surface area (Å²) in [5, 5.41) is 12.8. The topological polar surface area (TPSA) is 45.1 Å². The third kappa shape index (κ3) is 4.70. The number of nitrogens with one attached hydrogen (secondary N) is 1. The van der Waals surface area contributed by atoms with Gasteiger partial charge in [0.25, 0.3) is 0 Å². The van der Waals surface area contributed by atoms with E-state index in [2.05, 4.69) is 24.1 Å². The molecular formula is C14H23FN2O. The molecule has 1 rings (SSSR count). The minimum Gasteiger partial charge on any atom is -0.395 e. The molecule has 0 amide bonds. The van der Waals surface area contributed by atoms with Gasteiger partial charge in [-0.15, -0.1) is 0 Å². The average Bonchev–Trinajstić information content (AvgIpc) is 2.35. The smallest absolute Gasteiger partial charge is 0.141 e. The van der Waals surface area contributed by atoms with E-state index < -0.39 is 0 Å². The van der Waals surface area contributed by atoms with Crippen molar-refractivity contribution in [2.75, 3.05) is 6.61 Å². The third-order valence-corrected chi connectivity index (χ3v) is 2.93. The molecule has 2 unspecified atom stereocenters. The second-order valence-corrected chi connectivity index (χ2v) is 5.04. The summed E-state index contributed by atoms with van der Waals surface area (Å²) < 4.78 is 12.8. The van der Waals surface area contributed by atoms with Crippen LogP contribution in [0.25, 0.3) is 0 Å². The lowest BCUT2D eigenvalue weighted by Crippen LogP contribution is -2.36. The number of rotatable bonds is 7. The Labute approximate surface area is 108 Å². The zero-order valence-corrected chi connectivity index (χ0v) is 11.4. The number of aliphatic hydroxyl groups is 1. The van der Waals surface area contributed by atoms with E-state index in [1.807, 2.05) is 6.92 Å². The van der Waals surface area contributed by atoms with Crippen LogP contribution in [0.15, 0.2) is 18.3 Å². The van der Waals surface area contributed by atoms with E-state index in [1.165, 1.54) is 12.3 Å². The van der Waals surface area contributed by atoms with Crippen molar-refractivity contribution in [3.8, 4) is 0 Å². The lowest BCUT2D eigenvalue weighted by atomic mass is 10.0. The maximum absolute atomic E-state index is 12.8. The van der Waals surface area contributed by atoms with Crippen LogP contribution in [-0.2, 0) is 0 Å². The summed E-state index contributed by atoms with van der Waals surface area (Å²) >= 11 is 0. The highest BCUT2D eigenvalue weighted by molar-refractivity contribution is 5.10. The first-order chi connectivity index (χ1) is 8.56. The lowest BCUT2D eigenvalue weighted by molar-refractivity contribution is 0.211. The summed E-state index contributed by atoms with van der Waals surface area (Å²) in [6.07, 6.45) is 3.00. The van der Waals surface area contributed by atoms with Gasteiger partial charge >= 0.3 is 0 Å². The predicted octanol–water partition coefficient (Wildman–Crippen LogP) is 2.67. The summed E-state index contributed by atoms with van der Waals surface area (Å²) in [5.74, 6) is 0.197. The number of nitrogens with zero attached hydrogens (tertiary/aromatic N) is 1. The van der Waals surface area contributed by atoms with E-state index in [0.29, 0.717) is 5.92 Å². The van der Waals surface area contributed by atoms with Crippen molar-refractivity contribution in [2.24, 2.45) is 5.92 Å². The Morgan fingerprint density at radius 1 is 1.39 bits per heavy atom. The van der Waals surface area contributed by atoms with Gasteiger partial charge in [0, 0.05) is 12.1 Å². The van der Waals surface area contributed by atoms with Gasteiger partial charge in [0.15, 0.2) is 0 Å². The van der Waals surface area contributed by atoms with Gasteiger partial charge in [-0.3, -0.25) is 4.98 Å². The van der Waals surface area contributed by atoms with Gasteiger partial charge in [-0.2, -0.15) is 0 Å². The number of aliphatic hydroxyl groups excluding tert-OH is 1. The van der Waals surface area contributed by atoms with Crippen molar-refractivity contribution in [1.82, 2.24) is 10.3 Å². The van der Waals surface area contributed by atoms with Gasteiger partial charge in [-0.25, -0.2) is 4.39 Å². The maximum atomic E-state index is 12.8. The normalized spacial score (nSPS) is 14.8. The Hall–Kier alpha value is -1.00. The van der Waals surface area contributed by atoms with E-state index in [9.17, 15) is 9.50 Å². The zero-order chi connectivity index (χ0) is 13.5. The van der Waals surface area contributed by atoms with Crippen LogP contribution in [0.5, 0.6) is 0 Å². The molecule has 0 fully saturated rings. The molecule has 0 aliphatic rings. The summed E-state index contributed by atoms with van der Waals surface area (Å²) in [6.45, 7) is 6.41. The molecule has 2 N–H and O–H groups in total. The number of hydrogen-bond acceptors (Lipinski definition) is 3. The second-order valence-electron chi connectivity index (χ2n) is 5.04. The number of aromatic nitrogens is 1. The first-order valence-electron chi connectivity index (χ1n) is 6.55. The Kier molecular flexibility index (Phi) is 6.22. The van der Waals surface area contributed by atoms with Gasteiger partial charge in [-0.1, -0.05) is 20.8 Å². The quantitative estimate of drug-likeness (QED) is 0.786. The van der Waals surface area contributed by atoms with Crippen LogP contribution >= 0.6 is 0 Å². The van der Waals surface area contributed by atoms with Crippen molar-refractivity contribution in [1.29, 1.82) is 0 Å². The molecule has 18 heavy (non-hydrogen) atoms. The standard InChI is InChI=1S/C14H23FN2O/c1-4-13(14-6-5-11(15)8-16-14)17-12(9-18)7-10(2)3/h5-6,8,10,12-13,17-18H,4,7,9H2,1-3H3. The molecule has 3 nitrogen and oxygen atoms in total. The Balaban J connectivity index is 2.68. The molecule has 102 valence electrons. The van der Waals surface area contributed by atoms with Crippen LogP contribution < -0.4 is 5.32 Å². The number of pyridine rings is 1. The average molecular weight is 254 g/mol. The molecule has 0 saturated carbocycles.